The molecule has 4 nitrogen and oxygen atoms in total. The zero-order valence-electron chi connectivity index (χ0n) is 23.8. The Morgan fingerprint density at radius 3 is 1.43 bits per heavy atom. The van der Waals surface area contributed by atoms with Crippen molar-refractivity contribution < 1.29 is 9.47 Å². The summed E-state index contributed by atoms with van der Waals surface area (Å²) in [6.45, 7) is 0. The number of nitriles is 2. The van der Waals surface area contributed by atoms with Crippen LogP contribution in [0.4, 0.5) is 0 Å². The van der Waals surface area contributed by atoms with Gasteiger partial charge in [-0.05, 0) is 133 Å². The van der Waals surface area contributed by atoms with Gasteiger partial charge in [0.25, 0.3) is 12.5 Å². The van der Waals surface area contributed by atoms with Gasteiger partial charge in [-0.3, -0.25) is 0 Å². The van der Waals surface area contributed by atoms with Crippen LogP contribution < -0.4 is 9.47 Å². The highest BCUT2D eigenvalue weighted by Gasteiger charge is 2.58. The van der Waals surface area contributed by atoms with Crippen LogP contribution in [0.25, 0.3) is 0 Å². The summed E-state index contributed by atoms with van der Waals surface area (Å²) in [7, 11) is 0. The van der Waals surface area contributed by atoms with Gasteiger partial charge in [0.15, 0.2) is 0 Å². The molecule has 8 rings (SSSR count). The van der Waals surface area contributed by atoms with Crippen molar-refractivity contribution in [2.45, 2.75) is 125 Å². The maximum atomic E-state index is 9.37. The zero-order valence-corrected chi connectivity index (χ0v) is 23.8. The molecule has 6 saturated carbocycles. The van der Waals surface area contributed by atoms with Gasteiger partial charge in [-0.2, -0.15) is 0 Å². The molecule has 0 saturated heterocycles. The third kappa shape index (κ3) is 4.49. The number of hydrogen-bond acceptors (Lipinski definition) is 4. The van der Waals surface area contributed by atoms with Crippen molar-refractivity contribution in [3.8, 4) is 24.0 Å². The van der Waals surface area contributed by atoms with E-state index in [9.17, 15) is 10.5 Å². The maximum Gasteiger partial charge on any atom is 0.292 e. The molecule has 4 heteroatoms. The third-order valence-corrected chi connectivity index (χ3v) is 11.7. The summed E-state index contributed by atoms with van der Waals surface area (Å²) in [4.78, 5) is 0. The molecule has 0 amide bonds. The monoisotopic (exact) mass is 534 g/mol. The van der Waals surface area contributed by atoms with E-state index in [-0.39, 0.29) is 10.8 Å². The summed E-state index contributed by atoms with van der Waals surface area (Å²) in [6.07, 6.45) is 24.2. The quantitative estimate of drug-likeness (QED) is 0.346. The van der Waals surface area contributed by atoms with Crippen LogP contribution in [0, 0.1) is 34.9 Å². The van der Waals surface area contributed by atoms with Gasteiger partial charge >= 0.3 is 0 Å². The molecule has 0 radical (unpaired) electrons. The summed E-state index contributed by atoms with van der Waals surface area (Å²) < 4.78 is 11.1. The van der Waals surface area contributed by atoms with Gasteiger partial charge < -0.3 is 9.47 Å². The lowest BCUT2D eigenvalue weighted by Gasteiger charge is -2.63. The van der Waals surface area contributed by atoms with E-state index in [1.54, 1.807) is 0 Å². The van der Waals surface area contributed by atoms with Crippen molar-refractivity contribution >= 4 is 0 Å². The minimum absolute atomic E-state index is 0.200. The average Bonchev–Trinajstić information content (AvgIpc) is 2.98. The molecule has 208 valence electrons. The van der Waals surface area contributed by atoms with E-state index in [0.29, 0.717) is 11.8 Å². The van der Waals surface area contributed by atoms with Crippen molar-refractivity contribution in [3.63, 3.8) is 0 Å². The lowest BCUT2D eigenvalue weighted by atomic mass is 9.41. The molecule has 6 aliphatic rings. The second kappa shape index (κ2) is 10.4. The van der Waals surface area contributed by atoms with Crippen molar-refractivity contribution in [2.75, 3.05) is 0 Å². The molecule has 2 aromatic rings. The van der Waals surface area contributed by atoms with E-state index in [1.165, 1.54) is 125 Å². The normalized spacial score (nSPS) is 31.9. The highest BCUT2D eigenvalue weighted by molar-refractivity contribution is 5.48. The SMILES string of the molecule is N#COc1ccc(C23CC4CC(C2)CC(c2ccc(OC#N)c(C5CCCCC5)c2)(C4)C3)cc1C1CCCCC1. The largest absolute Gasteiger partial charge is 0.388 e. The second-order valence-corrected chi connectivity index (χ2v) is 14.1. The van der Waals surface area contributed by atoms with E-state index >= 15 is 0 Å². The summed E-state index contributed by atoms with van der Waals surface area (Å²) in [6, 6.07) is 13.8. The number of rotatable bonds is 6. The van der Waals surface area contributed by atoms with Crippen molar-refractivity contribution in [1.82, 2.24) is 0 Å². The third-order valence-electron chi connectivity index (χ3n) is 11.7. The Morgan fingerprint density at radius 2 is 1.02 bits per heavy atom. The topological polar surface area (TPSA) is 66.0 Å². The number of nitrogens with zero attached hydrogens (tertiary/aromatic N) is 2. The summed E-state index contributed by atoms with van der Waals surface area (Å²) in [5.74, 6) is 4.10. The lowest BCUT2D eigenvalue weighted by Crippen LogP contribution is -2.56. The summed E-state index contributed by atoms with van der Waals surface area (Å²) >= 11 is 0. The van der Waals surface area contributed by atoms with Crippen LogP contribution >= 0.6 is 0 Å². The van der Waals surface area contributed by atoms with Crippen LogP contribution in [0.1, 0.15) is 137 Å². The van der Waals surface area contributed by atoms with E-state index in [1.807, 2.05) is 12.5 Å². The minimum atomic E-state index is 0.200. The van der Waals surface area contributed by atoms with Crippen LogP contribution in [0.2, 0.25) is 0 Å². The molecule has 40 heavy (non-hydrogen) atoms. The molecule has 0 unspecified atom stereocenters. The standard InChI is InChI=1S/C36H42N2O2/c37-23-39-33-13-11-29(16-31(33)27-7-3-1-4-8-27)35-18-25-15-26(19-35)21-36(20-25,22-35)30-12-14-34(40-24-38)32(17-30)28-9-5-2-6-10-28/h11-14,16-17,25-28H,1-10,15,18-22H2. The van der Waals surface area contributed by atoms with Gasteiger partial charge in [0.2, 0.25) is 0 Å². The predicted octanol–water partition coefficient (Wildman–Crippen LogP) is 9.29. The summed E-state index contributed by atoms with van der Waals surface area (Å²) in [5, 5.41) is 18.7. The predicted molar refractivity (Wildman–Crippen MR) is 155 cm³/mol. The first-order valence-electron chi connectivity index (χ1n) is 16.0. The first-order chi connectivity index (χ1) is 19.6. The molecule has 0 spiro atoms. The van der Waals surface area contributed by atoms with Gasteiger partial charge in [-0.25, -0.2) is 0 Å². The molecule has 2 aromatic carbocycles. The second-order valence-electron chi connectivity index (χ2n) is 14.1. The minimum Gasteiger partial charge on any atom is -0.388 e. The van der Waals surface area contributed by atoms with E-state index < -0.39 is 0 Å². The first kappa shape index (κ1) is 26.0. The zero-order chi connectivity index (χ0) is 27.2. The van der Waals surface area contributed by atoms with Crippen LogP contribution in [0.5, 0.6) is 11.5 Å². The average molecular weight is 535 g/mol. The molecular weight excluding hydrogens is 492 g/mol. The van der Waals surface area contributed by atoms with Gasteiger partial charge in [-0.15, -0.1) is 10.5 Å². The summed E-state index contributed by atoms with van der Waals surface area (Å²) in [5.41, 5.74) is 5.95. The van der Waals surface area contributed by atoms with E-state index in [2.05, 4.69) is 36.4 Å². The molecule has 0 aliphatic heterocycles. The van der Waals surface area contributed by atoms with Crippen LogP contribution in [0.3, 0.4) is 0 Å². The van der Waals surface area contributed by atoms with Crippen LogP contribution in [-0.4, -0.2) is 0 Å². The smallest absolute Gasteiger partial charge is 0.292 e. The molecule has 4 bridgehead atoms. The highest BCUT2D eigenvalue weighted by atomic mass is 16.5. The van der Waals surface area contributed by atoms with Crippen molar-refractivity contribution in [3.05, 3.63) is 58.7 Å². The fraction of sp³-hybridized carbons (Fsp3) is 0.611. The molecule has 0 atom stereocenters. The van der Waals surface area contributed by atoms with Crippen LogP contribution in [-0.2, 0) is 10.8 Å². The Kier molecular flexibility index (Phi) is 6.78. The molecule has 6 fully saturated rings. The van der Waals surface area contributed by atoms with Crippen LogP contribution in [0.15, 0.2) is 36.4 Å². The number of benzene rings is 2. The van der Waals surface area contributed by atoms with Gasteiger partial charge in [0, 0.05) is 0 Å². The Hall–Kier alpha value is -2.98. The van der Waals surface area contributed by atoms with Gasteiger partial charge in [-0.1, -0.05) is 62.8 Å². The molecule has 0 aromatic heterocycles. The Labute approximate surface area is 239 Å². The fourth-order valence-corrected chi connectivity index (χ4v) is 10.4. The fourth-order valence-electron chi connectivity index (χ4n) is 10.4. The number of hydrogen-bond donors (Lipinski definition) is 0. The first-order valence-corrected chi connectivity index (χ1v) is 16.0. The van der Waals surface area contributed by atoms with Crippen molar-refractivity contribution in [1.29, 1.82) is 10.5 Å². The molecule has 0 heterocycles. The molecule has 6 aliphatic carbocycles. The Morgan fingerprint density at radius 1 is 0.600 bits per heavy atom. The van der Waals surface area contributed by atoms with E-state index in [4.69, 9.17) is 9.47 Å². The number of ether oxygens (including phenoxy) is 2. The van der Waals surface area contributed by atoms with Gasteiger partial charge in [0.1, 0.15) is 11.5 Å². The molecule has 0 N–H and O–H groups in total. The highest BCUT2D eigenvalue weighted by Crippen LogP contribution is 2.66. The molecular formula is C36H42N2O2. The maximum absolute atomic E-state index is 9.37. The Balaban J connectivity index is 1.27. The van der Waals surface area contributed by atoms with E-state index in [0.717, 1.165) is 23.3 Å². The van der Waals surface area contributed by atoms with Crippen molar-refractivity contribution in [2.24, 2.45) is 11.8 Å². The van der Waals surface area contributed by atoms with Gasteiger partial charge in [0.05, 0.1) is 0 Å². The Bertz CT molecular complexity index is 1220. The lowest BCUT2D eigenvalue weighted by molar-refractivity contribution is -0.0282.